The number of aromatic nitrogens is 1. The molecule has 7 nitrogen and oxygen atoms in total. The van der Waals surface area contributed by atoms with Gasteiger partial charge in [-0.15, -0.1) is 0 Å². The van der Waals surface area contributed by atoms with E-state index in [2.05, 4.69) is 5.32 Å². The third kappa shape index (κ3) is 3.51. The molecular formula is C21H19F4N3O4. The molecule has 0 saturated carbocycles. The lowest BCUT2D eigenvalue weighted by Crippen LogP contribution is -2.52. The first kappa shape index (κ1) is 21.8. The third-order valence-electron chi connectivity index (χ3n) is 5.94. The maximum atomic E-state index is 14.3. The van der Waals surface area contributed by atoms with E-state index in [0.717, 1.165) is 6.20 Å². The van der Waals surface area contributed by atoms with Crippen molar-refractivity contribution in [3.63, 3.8) is 0 Å². The van der Waals surface area contributed by atoms with Gasteiger partial charge in [-0.05, 0) is 13.3 Å². The Balaban J connectivity index is 1.72. The highest BCUT2D eigenvalue weighted by molar-refractivity contribution is 5.99. The molecule has 1 aromatic carbocycles. The third-order valence-corrected chi connectivity index (χ3v) is 5.94. The molecule has 2 bridgehead atoms. The molecule has 11 heteroatoms. The number of hydrogen-bond acceptors (Lipinski definition) is 4. The Bertz CT molecular complexity index is 1180. The molecule has 2 aliphatic rings. The van der Waals surface area contributed by atoms with Gasteiger partial charge in [-0.1, -0.05) is 0 Å². The fourth-order valence-electron chi connectivity index (χ4n) is 4.33. The first-order chi connectivity index (χ1) is 15.0. The van der Waals surface area contributed by atoms with Gasteiger partial charge >= 0.3 is 0 Å². The minimum absolute atomic E-state index is 0.0147. The summed E-state index contributed by atoms with van der Waals surface area (Å²) in [5, 5.41) is 12.6. The number of pyridine rings is 1. The van der Waals surface area contributed by atoms with Crippen molar-refractivity contribution < 1.29 is 32.3 Å². The number of amides is 2. The average Bonchev–Trinajstić information content (AvgIpc) is 2.84. The highest BCUT2D eigenvalue weighted by Crippen LogP contribution is 2.37. The molecule has 32 heavy (non-hydrogen) atoms. The number of halogens is 4. The van der Waals surface area contributed by atoms with Crippen LogP contribution in [0.1, 0.15) is 46.2 Å². The fourth-order valence-corrected chi connectivity index (χ4v) is 4.33. The van der Waals surface area contributed by atoms with Crippen molar-refractivity contribution in [3.05, 3.63) is 62.8 Å². The largest absolute Gasteiger partial charge is 0.503 e. The summed E-state index contributed by atoms with van der Waals surface area (Å²) in [5.74, 6) is -6.28. The molecule has 3 heterocycles. The van der Waals surface area contributed by atoms with Crippen molar-refractivity contribution in [2.75, 3.05) is 13.1 Å². The molecule has 0 radical (unpaired) electrons. The van der Waals surface area contributed by atoms with E-state index in [4.69, 9.17) is 0 Å². The molecule has 2 atom stereocenters. The Labute approximate surface area is 179 Å². The van der Waals surface area contributed by atoms with Gasteiger partial charge in [0, 0.05) is 49.9 Å². The van der Waals surface area contributed by atoms with E-state index >= 15 is 0 Å². The maximum Gasteiger partial charge on any atom is 0.274 e. The summed E-state index contributed by atoms with van der Waals surface area (Å²) in [6.45, 7) is 1.19. The van der Waals surface area contributed by atoms with Gasteiger partial charge in [-0.25, -0.2) is 17.6 Å². The summed E-state index contributed by atoms with van der Waals surface area (Å²) >= 11 is 0. The SMILES string of the molecule is C[C@]12CC(F)CCN(C1)C(=O)c1c(O)c(=O)c(C(=O)NCc3c(F)cc(F)cc3F)cn12. The van der Waals surface area contributed by atoms with E-state index in [0.29, 0.717) is 12.1 Å². The predicted octanol–water partition coefficient (Wildman–Crippen LogP) is 2.20. The summed E-state index contributed by atoms with van der Waals surface area (Å²) in [7, 11) is 0. The van der Waals surface area contributed by atoms with E-state index in [9.17, 15) is 37.1 Å². The van der Waals surface area contributed by atoms with Crippen molar-refractivity contribution in [1.82, 2.24) is 14.8 Å². The normalized spacial score (nSPS) is 22.3. The highest BCUT2D eigenvalue weighted by atomic mass is 19.1. The smallest absolute Gasteiger partial charge is 0.274 e. The summed E-state index contributed by atoms with van der Waals surface area (Å²) in [5.41, 5.74) is -3.73. The van der Waals surface area contributed by atoms with Crippen LogP contribution in [-0.4, -0.2) is 45.6 Å². The zero-order chi connectivity index (χ0) is 23.4. The molecule has 1 unspecified atom stereocenters. The predicted molar refractivity (Wildman–Crippen MR) is 104 cm³/mol. The lowest BCUT2D eigenvalue weighted by atomic mass is 9.91. The lowest BCUT2D eigenvalue weighted by Gasteiger charge is -2.42. The summed E-state index contributed by atoms with van der Waals surface area (Å²) in [6, 6.07) is 0.892. The average molecular weight is 453 g/mol. The fraction of sp³-hybridized carbons (Fsp3) is 0.381. The zero-order valence-corrected chi connectivity index (χ0v) is 16.9. The monoisotopic (exact) mass is 453 g/mol. The van der Waals surface area contributed by atoms with Gasteiger partial charge in [-0.2, -0.15) is 0 Å². The van der Waals surface area contributed by atoms with Crippen LogP contribution in [0.2, 0.25) is 0 Å². The van der Waals surface area contributed by atoms with Crippen LogP contribution in [0.5, 0.6) is 5.75 Å². The van der Waals surface area contributed by atoms with Crippen molar-refractivity contribution in [1.29, 1.82) is 0 Å². The van der Waals surface area contributed by atoms with Crippen molar-refractivity contribution in [2.45, 2.75) is 38.0 Å². The molecule has 2 N–H and O–H groups in total. The number of nitrogens with zero attached hydrogens (tertiary/aromatic N) is 2. The van der Waals surface area contributed by atoms with Gasteiger partial charge in [0.05, 0.1) is 5.54 Å². The van der Waals surface area contributed by atoms with E-state index in [1.807, 2.05) is 0 Å². The maximum absolute atomic E-state index is 14.3. The standard InChI is InChI=1S/C21H19F4N3O4/c1-21-6-10(22)2-3-27(9-21)20(32)16-18(30)17(29)13(8-28(16)21)19(31)26-7-12-14(24)4-11(23)5-15(12)25/h4-5,8,10,30H,2-3,6-7,9H2,1H3,(H,26,31)/t10?,21-/m0/s1. The molecular weight excluding hydrogens is 434 g/mol. The Morgan fingerprint density at radius 1 is 1.25 bits per heavy atom. The summed E-state index contributed by atoms with van der Waals surface area (Å²) < 4.78 is 56.3. The molecule has 1 fully saturated rings. The topological polar surface area (TPSA) is 91.6 Å². The van der Waals surface area contributed by atoms with Gasteiger partial charge in [0.25, 0.3) is 11.8 Å². The van der Waals surface area contributed by atoms with Gasteiger partial charge in [0.1, 0.15) is 29.2 Å². The van der Waals surface area contributed by atoms with Gasteiger partial charge in [-0.3, -0.25) is 14.4 Å². The number of rotatable bonds is 3. The second-order valence-electron chi connectivity index (χ2n) is 8.28. The Morgan fingerprint density at radius 2 is 1.91 bits per heavy atom. The molecule has 2 aromatic rings. The number of carbonyl (C=O) groups excluding carboxylic acids is 2. The van der Waals surface area contributed by atoms with Crippen LogP contribution >= 0.6 is 0 Å². The Morgan fingerprint density at radius 3 is 2.56 bits per heavy atom. The number of aromatic hydroxyl groups is 1. The number of nitrogens with one attached hydrogen (secondary N) is 1. The Kier molecular flexibility index (Phi) is 5.22. The molecule has 0 aliphatic carbocycles. The van der Waals surface area contributed by atoms with E-state index < -0.39 is 69.8 Å². The number of carbonyl (C=O) groups is 2. The first-order valence-electron chi connectivity index (χ1n) is 9.86. The molecule has 1 aromatic heterocycles. The number of benzene rings is 1. The zero-order valence-electron chi connectivity index (χ0n) is 16.9. The molecule has 170 valence electrons. The quantitative estimate of drug-likeness (QED) is 0.698. The van der Waals surface area contributed by atoms with E-state index in [1.165, 1.54) is 9.47 Å². The number of alkyl halides is 1. The van der Waals surface area contributed by atoms with Crippen molar-refractivity contribution in [3.8, 4) is 5.75 Å². The van der Waals surface area contributed by atoms with Crippen LogP contribution in [0.15, 0.2) is 23.1 Å². The molecule has 2 amide bonds. The molecule has 2 aliphatic heterocycles. The van der Waals surface area contributed by atoms with Gasteiger partial charge in [0.15, 0.2) is 11.4 Å². The second-order valence-corrected chi connectivity index (χ2v) is 8.28. The highest BCUT2D eigenvalue weighted by Gasteiger charge is 2.45. The van der Waals surface area contributed by atoms with Crippen LogP contribution in [-0.2, 0) is 12.1 Å². The van der Waals surface area contributed by atoms with E-state index in [-0.39, 0.29) is 31.6 Å². The lowest BCUT2D eigenvalue weighted by molar-refractivity contribution is 0.0586. The van der Waals surface area contributed by atoms with Crippen LogP contribution in [0, 0.1) is 17.5 Å². The van der Waals surface area contributed by atoms with Crippen LogP contribution in [0.4, 0.5) is 17.6 Å². The molecule has 0 spiro atoms. The summed E-state index contributed by atoms with van der Waals surface area (Å²) in [6.07, 6.45) is -0.105. The molecule has 4 rings (SSSR count). The number of fused-ring (bicyclic) bond motifs is 4. The van der Waals surface area contributed by atoms with Crippen LogP contribution in [0.3, 0.4) is 0 Å². The van der Waals surface area contributed by atoms with Crippen molar-refractivity contribution in [2.24, 2.45) is 0 Å². The minimum Gasteiger partial charge on any atom is -0.503 e. The summed E-state index contributed by atoms with van der Waals surface area (Å²) in [4.78, 5) is 39.4. The first-order valence-corrected chi connectivity index (χ1v) is 9.86. The van der Waals surface area contributed by atoms with E-state index in [1.54, 1.807) is 6.92 Å². The second kappa shape index (κ2) is 7.64. The number of hydrogen-bond donors (Lipinski definition) is 2. The molecule has 1 saturated heterocycles. The van der Waals surface area contributed by atoms with Crippen LogP contribution < -0.4 is 10.7 Å². The van der Waals surface area contributed by atoms with Crippen LogP contribution in [0.25, 0.3) is 0 Å². The Hall–Kier alpha value is -3.37. The van der Waals surface area contributed by atoms with Crippen molar-refractivity contribution >= 4 is 11.8 Å². The van der Waals surface area contributed by atoms with Gasteiger partial charge < -0.3 is 19.9 Å². The van der Waals surface area contributed by atoms with Gasteiger partial charge in [0.2, 0.25) is 5.43 Å². The minimum atomic E-state index is -1.24.